The van der Waals surface area contributed by atoms with E-state index in [9.17, 15) is 13.5 Å². The van der Waals surface area contributed by atoms with Crippen LogP contribution < -0.4 is 10.5 Å². The molecule has 2 aromatic carbocycles. The lowest BCUT2D eigenvalue weighted by Crippen LogP contribution is -2.28. The van der Waals surface area contributed by atoms with Gasteiger partial charge in [-0.3, -0.25) is 0 Å². The van der Waals surface area contributed by atoms with Gasteiger partial charge in [0, 0.05) is 23.5 Å². The molecule has 5 nitrogen and oxygen atoms in total. The second kappa shape index (κ2) is 5.78. The van der Waals surface area contributed by atoms with E-state index >= 15 is 0 Å². The number of phenols is 1. The summed E-state index contributed by atoms with van der Waals surface area (Å²) in [5.74, 6) is 0.0878. The average Bonchev–Trinajstić information content (AvgIpc) is 2.38. The van der Waals surface area contributed by atoms with E-state index in [0.717, 1.165) is 16.3 Å². The Bertz CT molecular complexity index is 713. The number of benzene rings is 2. The molecule has 0 aliphatic carbocycles. The number of nitrogens with one attached hydrogen (secondary N) is 1. The molecule has 108 valence electrons. The van der Waals surface area contributed by atoms with Crippen LogP contribution in [0.4, 0.5) is 0 Å². The predicted octanol–water partition coefficient (Wildman–Crippen LogP) is 1.48. The molecule has 0 fully saturated rings. The Morgan fingerprint density at radius 1 is 1.25 bits per heavy atom. The van der Waals surface area contributed by atoms with Crippen LogP contribution >= 0.6 is 0 Å². The largest absolute Gasteiger partial charge is 0.507 e. The second-order valence-electron chi connectivity index (χ2n) is 4.77. The second-order valence-corrected chi connectivity index (χ2v) is 6.50. The molecule has 1 atom stereocenters. The van der Waals surface area contributed by atoms with Gasteiger partial charge >= 0.3 is 0 Å². The Kier molecular flexibility index (Phi) is 4.27. The molecule has 0 spiro atoms. The molecule has 0 saturated heterocycles. The van der Waals surface area contributed by atoms with E-state index in [1.165, 1.54) is 0 Å². The third-order valence-corrected chi connectivity index (χ3v) is 4.01. The number of hydrogen-bond acceptors (Lipinski definition) is 4. The lowest BCUT2D eigenvalue weighted by Gasteiger charge is -2.16. The molecule has 0 aromatic heterocycles. The van der Waals surface area contributed by atoms with Crippen molar-refractivity contribution < 1.29 is 13.5 Å². The molecule has 0 aliphatic rings. The number of rotatable bonds is 5. The van der Waals surface area contributed by atoms with Gasteiger partial charge in [0.1, 0.15) is 5.75 Å². The minimum Gasteiger partial charge on any atom is -0.507 e. The van der Waals surface area contributed by atoms with Crippen molar-refractivity contribution in [3.8, 4) is 5.75 Å². The van der Waals surface area contributed by atoms with Gasteiger partial charge in [0.2, 0.25) is 10.0 Å². The number of primary sulfonamides is 1. The van der Waals surface area contributed by atoms with Crippen molar-refractivity contribution in [3.05, 3.63) is 42.0 Å². The van der Waals surface area contributed by atoms with Crippen LogP contribution in [0, 0.1) is 0 Å². The van der Waals surface area contributed by atoms with E-state index in [2.05, 4.69) is 5.32 Å². The number of aromatic hydroxyl groups is 1. The molecule has 6 heteroatoms. The van der Waals surface area contributed by atoms with Gasteiger partial charge in [0.15, 0.2) is 0 Å². The summed E-state index contributed by atoms with van der Waals surface area (Å²) in [7, 11) is -3.47. The molecule has 0 heterocycles. The van der Waals surface area contributed by atoms with E-state index in [-0.39, 0.29) is 24.1 Å². The van der Waals surface area contributed by atoms with E-state index in [0.29, 0.717) is 0 Å². The molecule has 0 saturated carbocycles. The molecule has 0 aliphatic heterocycles. The van der Waals surface area contributed by atoms with Crippen molar-refractivity contribution >= 4 is 20.8 Å². The standard InChI is InChI=1S/C14H18N2O3S/c1-10(16-8-9-20(15,18)19)12-7-6-11-4-2-3-5-13(11)14(12)17/h2-7,10,16-17H,8-9H2,1H3,(H2,15,18,19). The van der Waals surface area contributed by atoms with Gasteiger partial charge in [-0.2, -0.15) is 0 Å². The van der Waals surface area contributed by atoms with Crippen molar-refractivity contribution in [2.75, 3.05) is 12.3 Å². The van der Waals surface area contributed by atoms with Crippen LogP contribution in [-0.4, -0.2) is 25.8 Å². The molecule has 0 radical (unpaired) electrons. The zero-order valence-corrected chi connectivity index (χ0v) is 12.0. The Balaban J connectivity index is 2.18. The van der Waals surface area contributed by atoms with Crippen LogP contribution in [0.3, 0.4) is 0 Å². The van der Waals surface area contributed by atoms with Crippen LogP contribution in [0.1, 0.15) is 18.5 Å². The van der Waals surface area contributed by atoms with Crippen LogP contribution in [0.15, 0.2) is 36.4 Å². The molecule has 20 heavy (non-hydrogen) atoms. The smallest absolute Gasteiger partial charge is 0.210 e. The lowest BCUT2D eigenvalue weighted by molar-refractivity contribution is 0.461. The lowest BCUT2D eigenvalue weighted by atomic mass is 10.0. The van der Waals surface area contributed by atoms with Crippen LogP contribution in [0.5, 0.6) is 5.75 Å². The van der Waals surface area contributed by atoms with E-state index in [1.54, 1.807) is 0 Å². The molecular formula is C14H18N2O3S. The summed E-state index contributed by atoms with van der Waals surface area (Å²) in [4.78, 5) is 0. The molecule has 0 bridgehead atoms. The maximum atomic E-state index is 10.9. The summed E-state index contributed by atoms with van der Waals surface area (Å²) in [6, 6.07) is 11.2. The monoisotopic (exact) mass is 294 g/mol. The van der Waals surface area contributed by atoms with Gasteiger partial charge in [-0.25, -0.2) is 13.6 Å². The highest BCUT2D eigenvalue weighted by Crippen LogP contribution is 2.32. The van der Waals surface area contributed by atoms with Crippen molar-refractivity contribution in [2.24, 2.45) is 5.14 Å². The maximum Gasteiger partial charge on any atom is 0.210 e. The average molecular weight is 294 g/mol. The molecule has 1 unspecified atom stereocenters. The van der Waals surface area contributed by atoms with Gasteiger partial charge < -0.3 is 10.4 Å². The predicted molar refractivity (Wildman–Crippen MR) is 80.0 cm³/mol. The van der Waals surface area contributed by atoms with Crippen molar-refractivity contribution in [1.82, 2.24) is 5.32 Å². The van der Waals surface area contributed by atoms with Crippen LogP contribution in [0.25, 0.3) is 10.8 Å². The molecule has 0 amide bonds. The van der Waals surface area contributed by atoms with Crippen LogP contribution in [0.2, 0.25) is 0 Å². The van der Waals surface area contributed by atoms with Crippen molar-refractivity contribution in [2.45, 2.75) is 13.0 Å². The van der Waals surface area contributed by atoms with Crippen molar-refractivity contribution in [3.63, 3.8) is 0 Å². The fourth-order valence-corrected chi connectivity index (χ4v) is 2.55. The van der Waals surface area contributed by atoms with E-state index < -0.39 is 10.0 Å². The Labute approximate surface area is 118 Å². The first-order valence-corrected chi connectivity index (χ1v) is 8.04. The highest BCUT2D eigenvalue weighted by Gasteiger charge is 2.13. The normalized spacial score (nSPS) is 13.5. The third kappa shape index (κ3) is 3.47. The van der Waals surface area contributed by atoms with E-state index in [4.69, 9.17) is 5.14 Å². The fraction of sp³-hybridized carbons (Fsp3) is 0.286. The number of nitrogens with two attached hydrogens (primary N) is 1. The van der Waals surface area contributed by atoms with E-state index in [1.807, 2.05) is 43.3 Å². The zero-order chi connectivity index (χ0) is 14.8. The first-order valence-electron chi connectivity index (χ1n) is 6.33. The summed E-state index contributed by atoms with van der Waals surface area (Å²) in [5.41, 5.74) is 0.734. The Hall–Kier alpha value is -1.63. The van der Waals surface area contributed by atoms with Gasteiger partial charge in [0.05, 0.1) is 5.75 Å². The Morgan fingerprint density at radius 2 is 1.95 bits per heavy atom. The Morgan fingerprint density at radius 3 is 2.65 bits per heavy atom. The fourth-order valence-electron chi connectivity index (χ4n) is 2.15. The molecular weight excluding hydrogens is 276 g/mol. The first-order chi connectivity index (χ1) is 9.38. The topological polar surface area (TPSA) is 92.4 Å². The summed E-state index contributed by atoms with van der Waals surface area (Å²) >= 11 is 0. The number of phenolic OH excluding ortho intramolecular Hbond substituents is 1. The summed E-state index contributed by atoms with van der Waals surface area (Å²) in [6.07, 6.45) is 0. The molecule has 2 rings (SSSR count). The third-order valence-electron chi connectivity index (χ3n) is 3.24. The molecule has 2 aromatic rings. The summed E-state index contributed by atoms with van der Waals surface area (Å²) < 4.78 is 21.8. The number of fused-ring (bicyclic) bond motifs is 1. The number of sulfonamides is 1. The minimum absolute atomic E-state index is 0.133. The van der Waals surface area contributed by atoms with Gasteiger partial charge in [0.25, 0.3) is 0 Å². The highest BCUT2D eigenvalue weighted by molar-refractivity contribution is 7.89. The number of hydrogen-bond donors (Lipinski definition) is 3. The first kappa shape index (κ1) is 14.8. The SMILES string of the molecule is CC(NCCS(N)(=O)=O)c1ccc2ccccc2c1O. The quantitative estimate of drug-likeness (QED) is 0.779. The summed E-state index contributed by atoms with van der Waals surface area (Å²) in [6.45, 7) is 2.11. The maximum absolute atomic E-state index is 10.9. The summed E-state index contributed by atoms with van der Waals surface area (Å²) in [5, 5.41) is 20.0. The van der Waals surface area contributed by atoms with Crippen molar-refractivity contribution in [1.29, 1.82) is 0 Å². The van der Waals surface area contributed by atoms with Gasteiger partial charge in [-0.1, -0.05) is 36.4 Å². The molecule has 4 N–H and O–H groups in total. The van der Waals surface area contributed by atoms with Gasteiger partial charge in [-0.15, -0.1) is 0 Å². The van der Waals surface area contributed by atoms with Gasteiger partial charge in [-0.05, 0) is 12.3 Å². The highest BCUT2D eigenvalue weighted by atomic mass is 32.2. The minimum atomic E-state index is -3.47. The zero-order valence-electron chi connectivity index (χ0n) is 11.2. The van der Waals surface area contributed by atoms with Crippen LogP contribution in [-0.2, 0) is 10.0 Å².